The molecule has 2 aliphatic heterocycles. The van der Waals surface area contributed by atoms with Crippen LogP contribution < -0.4 is 9.47 Å². The van der Waals surface area contributed by atoms with Crippen molar-refractivity contribution < 1.29 is 22.6 Å². The first-order valence-corrected chi connectivity index (χ1v) is 11.8. The second-order valence-corrected chi connectivity index (χ2v) is 9.21. The van der Waals surface area contributed by atoms with E-state index in [9.17, 15) is 13.2 Å². The first-order chi connectivity index (χ1) is 17.5. The van der Waals surface area contributed by atoms with Crippen molar-refractivity contribution in [3.63, 3.8) is 0 Å². The molecular formula is C28H24F3N3O2. The molecule has 0 bridgehead atoms. The largest absolute Gasteiger partial charge is 0.477 e. The monoisotopic (exact) mass is 491 g/mol. The molecule has 8 heteroatoms. The normalized spacial score (nSPS) is 16.2. The summed E-state index contributed by atoms with van der Waals surface area (Å²) in [5.41, 5.74) is 2.33. The van der Waals surface area contributed by atoms with Crippen LogP contribution in [0.5, 0.6) is 11.5 Å². The van der Waals surface area contributed by atoms with Gasteiger partial charge >= 0.3 is 6.18 Å². The highest BCUT2D eigenvalue weighted by atomic mass is 19.4. The number of halogens is 3. The van der Waals surface area contributed by atoms with Gasteiger partial charge in [0.05, 0.1) is 0 Å². The Morgan fingerprint density at radius 3 is 1.92 bits per heavy atom. The van der Waals surface area contributed by atoms with Gasteiger partial charge in [-0.15, -0.1) is 0 Å². The van der Waals surface area contributed by atoms with Crippen LogP contribution in [0.3, 0.4) is 0 Å². The molecule has 0 N–H and O–H groups in total. The van der Waals surface area contributed by atoms with Crippen LogP contribution in [0.4, 0.5) is 13.2 Å². The van der Waals surface area contributed by atoms with Crippen molar-refractivity contribution in [2.24, 2.45) is 0 Å². The van der Waals surface area contributed by atoms with Crippen molar-refractivity contribution in [2.75, 3.05) is 13.5 Å². The van der Waals surface area contributed by atoms with Crippen molar-refractivity contribution in [1.29, 1.82) is 0 Å². The number of alkyl halides is 3. The quantitative estimate of drug-likeness (QED) is 0.352. The molecule has 4 aromatic rings. The van der Waals surface area contributed by atoms with E-state index in [0.29, 0.717) is 30.8 Å². The number of aromatic nitrogens is 1. The molecule has 0 aliphatic carbocycles. The predicted molar refractivity (Wildman–Crippen MR) is 129 cm³/mol. The fourth-order valence-electron chi connectivity index (χ4n) is 4.94. The summed E-state index contributed by atoms with van der Waals surface area (Å²) in [6.07, 6.45) is -4.62. The molecular weight excluding hydrogens is 467 g/mol. The smallest absolute Gasteiger partial charge is 0.433 e. The van der Waals surface area contributed by atoms with Crippen LogP contribution in [0.15, 0.2) is 72.8 Å². The lowest BCUT2D eigenvalue weighted by atomic mass is 10.0. The van der Waals surface area contributed by atoms with Gasteiger partial charge in [-0.2, -0.15) is 13.2 Å². The first-order valence-electron chi connectivity index (χ1n) is 11.8. The molecule has 0 amide bonds. The Labute approximate surface area is 206 Å². The van der Waals surface area contributed by atoms with Gasteiger partial charge in [-0.25, -0.2) is 4.98 Å². The standard InChI is InChI=1S/C28H24F3N3O2/c29-28(30,31)27-23-16-34(14-20-9-5-2-6-10-20)18-36-26(23)22-12-11-21-15-33(13-19-7-3-1-4-8-19)17-35-25(21)24(22)32-27/h1-12H,13-18H2. The Morgan fingerprint density at radius 1 is 0.722 bits per heavy atom. The zero-order valence-electron chi connectivity index (χ0n) is 19.5. The second-order valence-electron chi connectivity index (χ2n) is 9.21. The molecule has 0 atom stereocenters. The molecule has 184 valence electrons. The summed E-state index contributed by atoms with van der Waals surface area (Å²) in [5, 5.41) is 0.549. The third-order valence-electron chi connectivity index (χ3n) is 6.57. The van der Waals surface area contributed by atoms with E-state index in [2.05, 4.69) is 9.88 Å². The van der Waals surface area contributed by atoms with Gasteiger partial charge in [0.15, 0.2) is 11.4 Å². The number of pyridine rings is 1. The third-order valence-corrected chi connectivity index (χ3v) is 6.57. The molecule has 0 fully saturated rings. The zero-order chi connectivity index (χ0) is 24.7. The summed E-state index contributed by atoms with van der Waals surface area (Å²) in [6, 6.07) is 23.3. The van der Waals surface area contributed by atoms with Gasteiger partial charge in [0.2, 0.25) is 0 Å². The minimum absolute atomic E-state index is 0.0682. The predicted octanol–water partition coefficient (Wildman–Crippen LogP) is 5.96. The van der Waals surface area contributed by atoms with E-state index in [0.717, 1.165) is 16.7 Å². The summed E-state index contributed by atoms with van der Waals surface area (Å²) in [6.45, 7) is 2.30. The number of rotatable bonds is 4. The number of hydrogen-bond acceptors (Lipinski definition) is 5. The Kier molecular flexibility index (Phi) is 5.78. The third kappa shape index (κ3) is 4.38. The van der Waals surface area contributed by atoms with Gasteiger partial charge in [0.25, 0.3) is 0 Å². The van der Waals surface area contributed by atoms with E-state index in [1.807, 2.05) is 77.7 Å². The van der Waals surface area contributed by atoms with Crippen LogP contribution in [-0.2, 0) is 32.4 Å². The molecule has 0 unspecified atom stereocenters. The summed E-state index contributed by atoms with van der Waals surface area (Å²) in [4.78, 5) is 8.09. The fourth-order valence-corrected chi connectivity index (χ4v) is 4.94. The van der Waals surface area contributed by atoms with E-state index in [4.69, 9.17) is 9.47 Å². The Morgan fingerprint density at radius 2 is 1.31 bits per heavy atom. The number of fused-ring (bicyclic) bond motifs is 5. The molecule has 0 saturated heterocycles. The zero-order valence-corrected chi connectivity index (χ0v) is 19.5. The van der Waals surface area contributed by atoms with Crippen molar-refractivity contribution >= 4 is 10.9 Å². The lowest BCUT2D eigenvalue weighted by molar-refractivity contribution is -0.142. The van der Waals surface area contributed by atoms with Gasteiger partial charge in [-0.1, -0.05) is 66.7 Å². The average Bonchev–Trinajstić information content (AvgIpc) is 2.88. The van der Waals surface area contributed by atoms with E-state index >= 15 is 0 Å². The van der Waals surface area contributed by atoms with Crippen molar-refractivity contribution in [3.05, 3.63) is 101 Å². The van der Waals surface area contributed by atoms with E-state index in [1.54, 1.807) is 0 Å². The lowest BCUT2D eigenvalue weighted by Crippen LogP contribution is -2.34. The lowest BCUT2D eigenvalue weighted by Gasteiger charge is -2.33. The molecule has 1 aromatic heterocycles. The van der Waals surface area contributed by atoms with Gasteiger partial charge in [0.1, 0.15) is 24.7 Å². The highest BCUT2D eigenvalue weighted by Gasteiger charge is 2.40. The Bertz CT molecular complexity index is 1390. The molecule has 6 rings (SSSR count). The van der Waals surface area contributed by atoms with Crippen LogP contribution in [0.1, 0.15) is 27.9 Å². The molecule has 3 heterocycles. The summed E-state index contributed by atoms with van der Waals surface area (Å²) >= 11 is 0. The van der Waals surface area contributed by atoms with Gasteiger partial charge in [-0.3, -0.25) is 9.80 Å². The summed E-state index contributed by atoms with van der Waals surface area (Å²) in [5.74, 6) is 0.648. The van der Waals surface area contributed by atoms with Crippen molar-refractivity contribution in [3.8, 4) is 11.5 Å². The molecule has 0 radical (unpaired) electrons. The minimum Gasteiger partial charge on any atom is -0.477 e. The van der Waals surface area contributed by atoms with E-state index < -0.39 is 11.9 Å². The van der Waals surface area contributed by atoms with Gasteiger partial charge < -0.3 is 9.47 Å². The molecule has 5 nitrogen and oxygen atoms in total. The Balaban J connectivity index is 1.35. The van der Waals surface area contributed by atoms with Gasteiger partial charge in [0, 0.05) is 42.7 Å². The molecule has 36 heavy (non-hydrogen) atoms. The van der Waals surface area contributed by atoms with Crippen LogP contribution in [0, 0.1) is 0 Å². The van der Waals surface area contributed by atoms with Crippen LogP contribution >= 0.6 is 0 Å². The van der Waals surface area contributed by atoms with Gasteiger partial charge in [-0.05, 0) is 17.2 Å². The Hall–Kier alpha value is -3.62. The van der Waals surface area contributed by atoms with Crippen LogP contribution in [0.2, 0.25) is 0 Å². The topological polar surface area (TPSA) is 37.8 Å². The molecule has 0 spiro atoms. The maximum Gasteiger partial charge on any atom is 0.433 e. The van der Waals surface area contributed by atoms with Crippen molar-refractivity contribution in [1.82, 2.24) is 14.8 Å². The summed E-state index contributed by atoms with van der Waals surface area (Å²) < 4.78 is 54.6. The SMILES string of the molecule is FC(F)(F)c1nc2c3c(ccc2c2c1CN(Cc1ccccc1)CO2)CN(Cc1ccccc1)CO3. The molecule has 2 aliphatic rings. The maximum absolute atomic E-state index is 14.2. The number of hydrogen-bond donors (Lipinski definition) is 0. The average molecular weight is 492 g/mol. The van der Waals surface area contributed by atoms with E-state index in [1.165, 1.54) is 0 Å². The number of ether oxygens (including phenoxy) is 2. The highest BCUT2D eigenvalue weighted by molar-refractivity contribution is 5.92. The minimum atomic E-state index is -4.62. The first kappa shape index (κ1) is 22.8. The van der Waals surface area contributed by atoms with E-state index in [-0.39, 0.29) is 36.8 Å². The molecule has 3 aromatic carbocycles. The van der Waals surface area contributed by atoms with Crippen molar-refractivity contribution in [2.45, 2.75) is 32.4 Å². The maximum atomic E-state index is 14.2. The number of nitrogens with zero attached hydrogens (tertiary/aromatic N) is 3. The van der Waals surface area contributed by atoms with Crippen LogP contribution in [0.25, 0.3) is 10.9 Å². The van der Waals surface area contributed by atoms with Crippen LogP contribution in [-0.4, -0.2) is 28.2 Å². The fraction of sp³-hybridized carbons (Fsp3) is 0.250. The highest BCUT2D eigenvalue weighted by Crippen LogP contribution is 2.45. The summed E-state index contributed by atoms with van der Waals surface area (Å²) in [7, 11) is 0. The molecule has 0 saturated carbocycles. The second kappa shape index (κ2) is 9.11. The number of benzene rings is 3.